The molecule has 0 radical (unpaired) electrons. The van der Waals surface area contributed by atoms with Crippen molar-refractivity contribution in [3.8, 4) is 11.4 Å². The van der Waals surface area contributed by atoms with Crippen molar-refractivity contribution in [3.63, 3.8) is 0 Å². The third-order valence-corrected chi connectivity index (χ3v) is 4.75. The summed E-state index contributed by atoms with van der Waals surface area (Å²) in [4.78, 5) is 16.9. The van der Waals surface area contributed by atoms with Gasteiger partial charge in [0.15, 0.2) is 5.96 Å². The van der Waals surface area contributed by atoms with Crippen molar-refractivity contribution in [2.75, 3.05) is 33.3 Å². The molecule has 0 saturated heterocycles. The van der Waals surface area contributed by atoms with Crippen LogP contribution in [0.15, 0.2) is 72.0 Å². The first-order chi connectivity index (χ1) is 15.7. The smallest absolute Gasteiger partial charge is 0.251 e. The van der Waals surface area contributed by atoms with E-state index in [0.717, 1.165) is 24.6 Å². The zero-order valence-corrected chi connectivity index (χ0v) is 21.3. The van der Waals surface area contributed by atoms with E-state index in [2.05, 4.69) is 50.3 Å². The molecule has 9 heteroatoms. The number of nitrogens with zero attached hydrogens (tertiary/aromatic N) is 3. The number of hydrogen-bond donors (Lipinski definition) is 3. The van der Waals surface area contributed by atoms with Crippen molar-refractivity contribution in [3.05, 3.63) is 78.1 Å². The number of rotatable bonds is 10. The largest absolute Gasteiger partial charge is 0.497 e. The minimum atomic E-state index is -0.133. The third-order valence-electron chi connectivity index (χ3n) is 4.75. The molecule has 0 aliphatic heterocycles. The van der Waals surface area contributed by atoms with Crippen LogP contribution in [-0.2, 0) is 6.42 Å². The van der Waals surface area contributed by atoms with Gasteiger partial charge >= 0.3 is 0 Å². The van der Waals surface area contributed by atoms with Gasteiger partial charge in [0.05, 0.1) is 12.8 Å². The summed E-state index contributed by atoms with van der Waals surface area (Å²) in [5.74, 6) is 1.26. The maximum absolute atomic E-state index is 12.3. The molecule has 176 valence electrons. The van der Waals surface area contributed by atoms with Gasteiger partial charge in [-0.25, -0.2) is 4.68 Å². The Balaban J connectivity index is 0.00000385. The molecule has 3 rings (SSSR count). The average molecular weight is 562 g/mol. The molecule has 3 N–H and O–H groups in total. The van der Waals surface area contributed by atoms with Crippen LogP contribution in [0.3, 0.4) is 0 Å². The van der Waals surface area contributed by atoms with Crippen molar-refractivity contribution in [1.29, 1.82) is 0 Å². The Morgan fingerprint density at radius 1 is 1.06 bits per heavy atom. The Morgan fingerprint density at radius 3 is 2.55 bits per heavy atom. The molecule has 0 saturated carbocycles. The van der Waals surface area contributed by atoms with E-state index in [4.69, 9.17) is 4.74 Å². The number of guanidine groups is 1. The van der Waals surface area contributed by atoms with Gasteiger partial charge in [-0.15, -0.1) is 24.0 Å². The molecule has 0 unspecified atom stereocenters. The Morgan fingerprint density at radius 2 is 1.85 bits per heavy atom. The zero-order valence-electron chi connectivity index (χ0n) is 19.0. The standard InChI is InChI=1S/C24H30N6O2.HI/c1-3-25-24(28-16-15-26-23(31)20-6-4-7-22(18-20)32-2)27-14-12-19-8-10-21(11-9-19)30-17-5-13-29-30;/h4-11,13,17-18H,3,12,14-16H2,1-2H3,(H,26,31)(H2,25,27,28);1H. The molecular formula is C24H31IN6O2. The van der Waals surface area contributed by atoms with Crippen LogP contribution in [-0.4, -0.2) is 54.9 Å². The van der Waals surface area contributed by atoms with Gasteiger partial charge in [-0.3, -0.25) is 9.79 Å². The number of carbonyl (C=O) groups is 1. The molecule has 3 aromatic rings. The molecule has 1 amide bonds. The van der Waals surface area contributed by atoms with Crippen LogP contribution in [0.1, 0.15) is 22.8 Å². The van der Waals surface area contributed by atoms with Gasteiger partial charge in [0.1, 0.15) is 5.75 Å². The van der Waals surface area contributed by atoms with Crippen molar-refractivity contribution in [1.82, 2.24) is 25.7 Å². The summed E-state index contributed by atoms with van der Waals surface area (Å²) in [5.41, 5.74) is 2.82. The highest BCUT2D eigenvalue weighted by atomic mass is 127. The minimum Gasteiger partial charge on any atom is -0.497 e. The van der Waals surface area contributed by atoms with E-state index < -0.39 is 0 Å². The van der Waals surface area contributed by atoms with Gasteiger partial charge in [0.25, 0.3) is 5.91 Å². The quantitative estimate of drug-likeness (QED) is 0.153. The molecule has 0 aliphatic carbocycles. The van der Waals surface area contributed by atoms with Gasteiger partial charge < -0.3 is 20.7 Å². The van der Waals surface area contributed by atoms with Crippen molar-refractivity contribution >= 4 is 35.8 Å². The lowest BCUT2D eigenvalue weighted by molar-refractivity contribution is 0.0954. The van der Waals surface area contributed by atoms with Crippen LogP contribution in [0, 0.1) is 0 Å². The van der Waals surface area contributed by atoms with E-state index in [1.54, 1.807) is 31.5 Å². The summed E-state index contributed by atoms with van der Waals surface area (Å²) < 4.78 is 7.00. The number of aromatic nitrogens is 2. The van der Waals surface area contributed by atoms with Gasteiger partial charge in [-0.1, -0.05) is 18.2 Å². The molecule has 0 bridgehead atoms. The fourth-order valence-corrected chi connectivity index (χ4v) is 3.10. The number of ether oxygens (including phenoxy) is 1. The first kappa shape index (κ1) is 26.2. The molecule has 0 atom stereocenters. The predicted molar refractivity (Wildman–Crippen MR) is 142 cm³/mol. The summed E-state index contributed by atoms with van der Waals surface area (Å²) in [7, 11) is 1.58. The van der Waals surface area contributed by atoms with Crippen LogP contribution in [0.4, 0.5) is 0 Å². The number of halogens is 1. The van der Waals surface area contributed by atoms with Crippen molar-refractivity contribution in [2.45, 2.75) is 13.3 Å². The highest BCUT2D eigenvalue weighted by Gasteiger charge is 2.06. The molecule has 8 nitrogen and oxygen atoms in total. The fourth-order valence-electron chi connectivity index (χ4n) is 3.10. The maximum atomic E-state index is 12.3. The first-order valence-electron chi connectivity index (χ1n) is 10.7. The predicted octanol–water partition coefficient (Wildman–Crippen LogP) is 3.03. The SMILES string of the molecule is CCNC(=NCCc1ccc(-n2cccn2)cc1)NCCNC(=O)c1cccc(OC)c1.I. The third kappa shape index (κ3) is 8.41. The number of aliphatic imine (C=N–C) groups is 1. The van der Waals surface area contributed by atoms with E-state index in [-0.39, 0.29) is 29.9 Å². The number of amides is 1. The van der Waals surface area contributed by atoms with Crippen molar-refractivity contribution in [2.24, 2.45) is 4.99 Å². The topological polar surface area (TPSA) is 92.6 Å². The number of hydrogen-bond acceptors (Lipinski definition) is 4. The number of methoxy groups -OCH3 is 1. The molecular weight excluding hydrogens is 531 g/mol. The zero-order chi connectivity index (χ0) is 22.6. The molecule has 33 heavy (non-hydrogen) atoms. The average Bonchev–Trinajstić information content (AvgIpc) is 3.37. The summed E-state index contributed by atoms with van der Waals surface area (Å²) >= 11 is 0. The molecule has 1 heterocycles. The molecule has 1 aromatic heterocycles. The second kappa shape index (κ2) is 14.1. The Hall–Kier alpha value is -3.08. The van der Waals surface area contributed by atoms with Gasteiger partial charge in [-0.05, 0) is 55.3 Å². The van der Waals surface area contributed by atoms with Crippen LogP contribution in [0.25, 0.3) is 5.69 Å². The molecule has 0 fully saturated rings. The summed E-state index contributed by atoms with van der Waals surface area (Å²) in [5, 5.41) is 13.6. The van der Waals surface area contributed by atoms with Gasteiger partial charge in [0, 0.05) is 44.1 Å². The monoisotopic (exact) mass is 562 g/mol. The first-order valence-corrected chi connectivity index (χ1v) is 10.7. The Kier molecular flexibility index (Phi) is 11.2. The van der Waals surface area contributed by atoms with Gasteiger partial charge in [-0.2, -0.15) is 5.10 Å². The lowest BCUT2D eigenvalue weighted by Crippen LogP contribution is -2.41. The molecule has 0 spiro atoms. The lowest BCUT2D eigenvalue weighted by atomic mass is 10.1. The summed E-state index contributed by atoms with van der Waals surface area (Å²) in [6.07, 6.45) is 4.53. The lowest BCUT2D eigenvalue weighted by Gasteiger charge is -2.12. The van der Waals surface area contributed by atoms with E-state index in [9.17, 15) is 4.79 Å². The number of benzene rings is 2. The summed E-state index contributed by atoms with van der Waals surface area (Å²) in [6.45, 7) is 4.50. The summed E-state index contributed by atoms with van der Waals surface area (Å²) in [6, 6.07) is 17.3. The van der Waals surface area contributed by atoms with E-state index in [0.29, 0.717) is 30.9 Å². The number of nitrogens with one attached hydrogen (secondary N) is 3. The highest BCUT2D eigenvalue weighted by Crippen LogP contribution is 2.12. The number of carbonyl (C=O) groups excluding carboxylic acids is 1. The van der Waals surface area contributed by atoms with E-state index in [1.807, 2.05) is 29.9 Å². The Bertz CT molecular complexity index is 1010. The van der Waals surface area contributed by atoms with Gasteiger partial charge in [0.2, 0.25) is 0 Å². The van der Waals surface area contributed by atoms with Crippen LogP contribution < -0.4 is 20.7 Å². The van der Waals surface area contributed by atoms with E-state index >= 15 is 0 Å². The van der Waals surface area contributed by atoms with E-state index in [1.165, 1.54) is 5.56 Å². The highest BCUT2D eigenvalue weighted by molar-refractivity contribution is 14.0. The molecule has 2 aromatic carbocycles. The maximum Gasteiger partial charge on any atom is 0.251 e. The van der Waals surface area contributed by atoms with Crippen LogP contribution >= 0.6 is 24.0 Å². The minimum absolute atomic E-state index is 0. The van der Waals surface area contributed by atoms with Crippen LogP contribution in [0.2, 0.25) is 0 Å². The fraction of sp³-hybridized carbons (Fsp3) is 0.292. The second-order valence-corrected chi connectivity index (χ2v) is 7.04. The Labute approximate surface area is 211 Å². The van der Waals surface area contributed by atoms with Crippen molar-refractivity contribution < 1.29 is 9.53 Å². The normalized spacial score (nSPS) is 10.8. The van der Waals surface area contributed by atoms with Crippen LogP contribution in [0.5, 0.6) is 5.75 Å². The molecule has 0 aliphatic rings. The second-order valence-electron chi connectivity index (χ2n) is 7.04.